The van der Waals surface area contributed by atoms with Crippen molar-refractivity contribution in [3.63, 3.8) is 0 Å². The number of anilines is 1. The Morgan fingerprint density at radius 1 is 1.08 bits per heavy atom. The number of nitrogens with zero attached hydrogens (tertiary/aromatic N) is 1. The van der Waals surface area contributed by atoms with Crippen molar-refractivity contribution in [1.82, 2.24) is 0 Å². The van der Waals surface area contributed by atoms with Gasteiger partial charge >= 0.3 is 0 Å². The zero-order valence-corrected chi connectivity index (χ0v) is 7.15. The molecule has 1 nitrogen and oxygen atoms in total. The number of hydrogen-bond acceptors (Lipinski definition) is 1. The van der Waals surface area contributed by atoms with Gasteiger partial charge in [-0.05, 0) is 30.3 Å². The summed E-state index contributed by atoms with van der Waals surface area (Å²) in [6.45, 7) is 0.849. The molecule has 66 valence electrons. The van der Waals surface area contributed by atoms with Crippen LogP contribution in [0.25, 0.3) is 0 Å². The van der Waals surface area contributed by atoms with Gasteiger partial charge in [0.25, 0.3) is 0 Å². The van der Waals surface area contributed by atoms with Gasteiger partial charge in [-0.3, -0.25) is 0 Å². The summed E-state index contributed by atoms with van der Waals surface area (Å²) in [4.78, 5) is 2.06. The summed E-state index contributed by atoms with van der Waals surface area (Å²) >= 11 is 0. The van der Waals surface area contributed by atoms with E-state index in [0.29, 0.717) is 0 Å². The molecule has 0 aromatic heterocycles. The Balaban J connectivity index is 2.21. The van der Waals surface area contributed by atoms with Crippen molar-refractivity contribution in [2.45, 2.75) is 0 Å². The largest absolute Gasteiger partial charge is 0.344 e. The van der Waals surface area contributed by atoms with Crippen LogP contribution in [0.4, 0.5) is 10.1 Å². The van der Waals surface area contributed by atoms with Gasteiger partial charge in [0.2, 0.25) is 0 Å². The minimum atomic E-state index is -0.194. The van der Waals surface area contributed by atoms with Crippen LogP contribution in [0.5, 0.6) is 0 Å². The number of benzene rings is 1. The number of halogens is 1. The highest BCUT2D eigenvalue weighted by molar-refractivity contribution is 5.51. The molecule has 1 aliphatic rings. The van der Waals surface area contributed by atoms with E-state index in [1.54, 1.807) is 12.1 Å². The van der Waals surface area contributed by atoms with Gasteiger partial charge in [-0.25, -0.2) is 4.39 Å². The van der Waals surface area contributed by atoms with Crippen molar-refractivity contribution in [1.29, 1.82) is 0 Å². The summed E-state index contributed by atoms with van der Waals surface area (Å²) in [7, 11) is 0. The minimum absolute atomic E-state index is 0.194. The lowest BCUT2D eigenvalue weighted by Crippen LogP contribution is -2.17. The SMILES string of the molecule is Fc1ccc(N2C=CC=CC2)cc1. The third-order valence-corrected chi connectivity index (χ3v) is 1.97. The van der Waals surface area contributed by atoms with Crippen molar-refractivity contribution in [2.75, 3.05) is 11.4 Å². The van der Waals surface area contributed by atoms with Gasteiger partial charge < -0.3 is 4.90 Å². The third kappa shape index (κ3) is 1.78. The molecule has 0 saturated carbocycles. The maximum atomic E-state index is 12.6. The lowest BCUT2D eigenvalue weighted by Gasteiger charge is -2.20. The van der Waals surface area contributed by atoms with Crippen LogP contribution in [0.1, 0.15) is 0 Å². The zero-order valence-electron chi connectivity index (χ0n) is 7.15. The van der Waals surface area contributed by atoms with Gasteiger partial charge in [-0.15, -0.1) is 0 Å². The average molecular weight is 175 g/mol. The van der Waals surface area contributed by atoms with Gasteiger partial charge in [0, 0.05) is 18.4 Å². The summed E-state index contributed by atoms with van der Waals surface area (Å²) < 4.78 is 12.6. The van der Waals surface area contributed by atoms with Crippen molar-refractivity contribution < 1.29 is 4.39 Å². The molecule has 0 bridgehead atoms. The number of rotatable bonds is 1. The van der Waals surface area contributed by atoms with E-state index < -0.39 is 0 Å². The molecule has 0 saturated heterocycles. The molecule has 2 rings (SSSR count). The van der Waals surface area contributed by atoms with Gasteiger partial charge in [0.05, 0.1) is 0 Å². The smallest absolute Gasteiger partial charge is 0.123 e. The first-order valence-electron chi connectivity index (χ1n) is 4.22. The molecule has 0 fully saturated rings. The van der Waals surface area contributed by atoms with Crippen molar-refractivity contribution in [3.05, 3.63) is 54.5 Å². The Hall–Kier alpha value is -1.57. The maximum Gasteiger partial charge on any atom is 0.123 e. The summed E-state index contributed by atoms with van der Waals surface area (Å²) in [5, 5.41) is 0. The van der Waals surface area contributed by atoms with Crippen molar-refractivity contribution in [2.24, 2.45) is 0 Å². The third-order valence-electron chi connectivity index (χ3n) is 1.97. The summed E-state index contributed by atoms with van der Waals surface area (Å²) in [5.41, 5.74) is 1.02. The molecule has 2 heteroatoms. The minimum Gasteiger partial charge on any atom is -0.344 e. The van der Waals surface area contributed by atoms with Crippen LogP contribution in [0, 0.1) is 5.82 Å². The molecule has 0 amide bonds. The molecule has 0 unspecified atom stereocenters. The molecule has 1 heterocycles. The highest BCUT2D eigenvalue weighted by Gasteiger charge is 2.02. The van der Waals surface area contributed by atoms with Gasteiger partial charge in [-0.1, -0.05) is 12.2 Å². The van der Waals surface area contributed by atoms with E-state index >= 15 is 0 Å². The van der Waals surface area contributed by atoms with Crippen molar-refractivity contribution in [3.8, 4) is 0 Å². The van der Waals surface area contributed by atoms with Crippen LogP contribution in [-0.4, -0.2) is 6.54 Å². The second-order valence-electron chi connectivity index (χ2n) is 2.90. The normalized spacial score (nSPS) is 15.0. The topological polar surface area (TPSA) is 3.24 Å². The fourth-order valence-electron chi connectivity index (χ4n) is 1.29. The summed E-state index contributed by atoms with van der Waals surface area (Å²) in [6.07, 6.45) is 8.00. The van der Waals surface area contributed by atoms with E-state index in [1.165, 1.54) is 12.1 Å². The van der Waals surface area contributed by atoms with E-state index in [1.807, 2.05) is 18.4 Å². The molecule has 0 N–H and O–H groups in total. The molecule has 0 radical (unpaired) electrons. The molecule has 1 aliphatic heterocycles. The lowest BCUT2D eigenvalue weighted by atomic mass is 10.2. The standard InChI is InChI=1S/C11H10FN/c12-10-4-6-11(7-5-10)13-8-2-1-3-9-13/h1-8H,9H2. The maximum absolute atomic E-state index is 12.6. The van der Waals surface area contributed by atoms with E-state index in [0.717, 1.165) is 12.2 Å². The Morgan fingerprint density at radius 3 is 2.46 bits per heavy atom. The Kier molecular flexibility index (Phi) is 2.13. The first-order valence-corrected chi connectivity index (χ1v) is 4.22. The zero-order chi connectivity index (χ0) is 9.10. The first-order chi connectivity index (χ1) is 6.36. The summed E-state index contributed by atoms with van der Waals surface area (Å²) in [6, 6.07) is 6.50. The van der Waals surface area contributed by atoms with Gasteiger partial charge in [0.1, 0.15) is 5.82 Å². The molecular formula is C11H10FN. The van der Waals surface area contributed by atoms with Crippen LogP contribution in [0.3, 0.4) is 0 Å². The van der Waals surface area contributed by atoms with Crippen LogP contribution < -0.4 is 4.90 Å². The van der Waals surface area contributed by atoms with Crippen LogP contribution in [0.2, 0.25) is 0 Å². The van der Waals surface area contributed by atoms with Crippen LogP contribution >= 0.6 is 0 Å². The lowest BCUT2D eigenvalue weighted by molar-refractivity contribution is 0.628. The average Bonchev–Trinajstić information content (AvgIpc) is 2.20. The molecule has 13 heavy (non-hydrogen) atoms. The number of hydrogen-bond donors (Lipinski definition) is 0. The molecular weight excluding hydrogens is 165 g/mol. The van der Waals surface area contributed by atoms with Gasteiger partial charge in [-0.2, -0.15) is 0 Å². The highest BCUT2D eigenvalue weighted by atomic mass is 19.1. The molecule has 1 aromatic carbocycles. The molecule has 0 spiro atoms. The van der Waals surface area contributed by atoms with E-state index in [-0.39, 0.29) is 5.82 Å². The summed E-state index contributed by atoms with van der Waals surface area (Å²) in [5.74, 6) is -0.194. The van der Waals surface area contributed by atoms with E-state index in [4.69, 9.17) is 0 Å². The Morgan fingerprint density at radius 2 is 1.85 bits per heavy atom. The fourth-order valence-corrected chi connectivity index (χ4v) is 1.29. The molecule has 1 aromatic rings. The predicted molar refractivity (Wildman–Crippen MR) is 52.0 cm³/mol. The van der Waals surface area contributed by atoms with Crippen LogP contribution in [0.15, 0.2) is 48.7 Å². The predicted octanol–water partition coefficient (Wildman–Crippen LogP) is 2.72. The fraction of sp³-hybridized carbons (Fsp3) is 0.0909. The quantitative estimate of drug-likeness (QED) is 0.634. The Bertz CT molecular complexity index is 338. The Labute approximate surface area is 76.8 Å². The second kappa shape index (κ2) is 3.44. The van der Waals surface area contributed by atoms with E-state index in [9.17, 15) is 4.39 Å². The van der Waals surface area contributed by atoms with Crippen LogP contribution in [-0.2, 0) is 0 Å². The monoisotopic (exact) mass is 175 g/mol. The number of allylic oxidation sites excluding steroid dienone is 2. The first kappa shape index (κ1) is 8.05. The highest BCUT2D eigenvalue weighted by Crippen LogP contribution is 2.16. The molecule has 0 aliphatic carbocycles. The van der Waals surface area contributed by atoms with E-state index in [2.05, 4.69) is 11.0 Å². The van der Waals surface area contributed by atoms with Gasteiger partial charge in [0.15, 0.2) is 0 Å². The second-order valence-corrected chi connectivity index (χ2v) is 2.90. The van der Waals surface area contributed by atoms with Crippen molar-refractivity contribution >= 4 is 5.69 Å². The molecule has 0 atom stereocenters.